The Hall–Kier alpha value is -2.49. The number of aromatic nitrogens is 3. The van der Waals surface area contributed by atoms with Crippen LogP contribution in [0.25, 0.3) is 0 Å². The Balaban J connectivity index is 1.77. The Morgan fingerprint density at radius 1 is 1.36 bits per heavy atom. The number of amides is 1. The van der Waals surface area contributed by atoms with Crippen molar-refractivity contribution in [1.82, 2.24) is 24.8 Å². The average molecular weight is 460 g/mol. The number of rotatable bonds is 7. The van der Waals surface area contributed by atoms with Gasteiger partial charge in [-0.05, 0) is 26.5 Å². The Bertz CT molecular complexity index is 889. The zero-order chi connectivity index (χ0) is 23.8. The van der Waals surface area contributed by atoms with Crippen molar-refractivity contribution in [1.29, 1.82) is 0 Å². The molecule has 182 valence electrons. The molecule has 1 aromatic heterocycles. The number of fused-ring (bicyclic) bond motifs is 2. The number of aryl methyl sites for hydroxylation is 1. The first-order chi connectivity index (χ1) is 15.9. The number of carbonyl (C=O) groups excluding carboxylic acids is 1. The van der Waals surface area contributed by atoms with Crippen LogP contribution in [0.5, 0.6) is 5.75 Å². The quantitative estimate of drug-likeness (QED) is 0.676. The highest BCUT2D eigenvalue weighted by Gasteiger charge is 2.28. The smallest absolute Gasteiger partial charge is 0.222 e. The summed E-state index contributed by atoms with van der Waals surface area (Å²) in [5.74, 6) is 0.960. The molecule has 1 aromatic carbocycles. The van der Waals surface area contributed by atoms with Crippen LogP contribution in [0.1, 0.15) is 37.9 Å². The molecule has 0 fully saturated rings. The maximum absolute atomic E-state index is 13.0. The summed E-state index contributed by atoms with van der Waals surface area (Å²) in [6.45, 7) is 6.81. The van der Waals surface area contributed by atoms with Gasteiger partial charge in [-0.25, -0.2) is 0 Å². The molecule has 3 rings (SSSR count). The second kappa shape index (κ2) is 12.1. The van der Waals surface area contributed by atoms with Crippen LogP contribution < -0.4 is 4.74 Å². The van der Waals surface area contributed by atoms with E-state index in [1.54, 1.807) is 16.7 Å². The molecule has 0 spiro atoms. The molecule has 33 heavy (non-hydrogen) atoms. The first-order valence-corrected chi connectivity index (χ1v) is 11.6. The maximum atomic E-state index is 13.0. The molecule has 1 amide bonds. The van der Waals surface area contributed by atoms with E-state index in [0.717, 1.165) is 17.0 Å². The van der Waals surface area contributed by atoms with Crippen molar-refractivity contribution >= 4 is 5.91 Å². The van der Waals surface area contributed by atoms with Gasteiger partial charge in [0.15, 0.2) is 0 Å². The lowest BCUT2D eigenvalue weighted by molar-refractivity contribution is -0.136. The Labute approximate surface area is 196 Å². The number of methoxy groups -OCH3 is 1. The summed E-state index contributed by atoms with van der Waals surface area (Å²) in [7, 11) is 3.74. The van der Waals surface area contributed by atoms with E-state index in [1.807, 2.05) is 31.3 Å². The zero-order valence-electron chi connectivity index (χ0n) is 20.2. The number of carbonyl (C=O) groups is 1. The lowest BCUT2D eigenvalue weighted by Gasteiger charge is -2.35. The molecule has 1 aliphatic rings. The van der Waals surface area contributed by atoms with Crippen LogP contribution in [0, 0.1) is 5.92 Å². The van der Waals surface area contributed by atoms with Crippen molar-refractivity contribution in [2.24, 2.45) is 5.92 Å². The molecule has 0 radical (unpaired) electrons. The molecule has 0 aliphatic carbocycles. The Morgan fingerprint density at radius 3 is 2.91 bits per heavy atom. The third-order valence-corrected chi connectivity index (χ3v) is 6.17. The van der Waals surface area contributed by atoms with Crippen LogP contribution in [-0.2, 0) is 29.2 Å². The van der Waals surface area contributed by atoms with Crippen molar-refractivity contribution in [3.8, 4) is 5.75 Å². The van der Waals surface area contributed by atoms with Gasteiger partial charge in [-0.1, -0.05) is 30.3 Å². The molecule has 1 aliphatic heterocycles. The van der Waals surface area contributed by atoms with Gasteiger partial charge in [0.25, 0.3) is 0 Å². The number of para-hydroxylation sites is 1. The average Bonchev–Trinajstić information content (AvgIpc) is 3.27. The summed E-state index contributed by atoms with van der Waals surface area (Å²) in [6, 6.07) is 7.75. The van der Waals surface area contributed by atoms with Gasteiger partial charge in [0.2, 0.25) is 5.91 Å². The second-order valence-electron chi connectivity index (χ2n) is 8.99. The topological polar surface area (TPSA) is 93.0 Å². The van der Waals surface area contributed by atoms with E-state index in [4.69, 9.17) is 9.47 Å². The lowest BCUT2D eigenvalue weighted by atomic mass is 10.0. The van der Waals surface area contributed by atoms with Gasteiger partial charge < -0.3 is 19.5 Å². The van der Waals surface area contributed by atoms with Gasteiger partial charge in [0, 0.05) is 44.1 Å². The molecule has 3 atom stereocenters. The molecule has 1 N–H and O–H groups in total. The first-order valence-electron chi connectivity index (χ1n) is 11.6. The van der Waals surface area contributed by atoms with Crippen LogP contribution in [0.4, 0.5) is 0 Å². The summed E-state index contributed by atoms with van der Waals surface area (Å²) in [6.07, 6.45) is 2.83. The predicted molar refractivity (Wildman–Crippen MR) is 125 cm³/mol. The molecular formula is C24H37N5O4. The molecule has 0 saturated heterocycles. The number of aliphatic hydroxyl groups excluding tert-OH is 1. The van der Waals surface area contributed by atoms with Crippen LogP contribution in [0.2, 0.25) is 0 Å². The summed E-state index contributed by atoms with van der Waals surface area (Å²) in [5, 5.41) is 18.1. The predicted octanol–water partition coefficient (Wildman–Crippen LogP) is 1.94. The number of ether oxygens (including phenoxy) is 2. The fourth-order valence-corrected chi connectivity index (χ4v) is 4.19. The van der Waals surface area contributed by atoms with Crippen molar-refractivity contribution in [2.75, 3.05) is 33.9 Å². The number of hydrogen-bond acceptors (Lipinski definition) is 7. The fourth-order valence-electron chi connectivity index (χ4n) is 4.19. The molecule has 0 unspecified atom stereocenters. The third-order valence-electron chi connectivity index (χ3n) is 6.17. The molecule has 9 heteroatoms. The molecule has 2 heterocycles. The monoisotopic (exact) mass is 459 g/mol. The summed E-state index contributed by atoms with van der Waals surface area (Å²) < 4.78 is 13.6. The largest absolute Gasteiger partial charge is 0.496 e. The minimum atomic E-state index is -0.241. The second-order valence-corrected chi connectivity index (χ2v) is 8.99. The van der Waals surface area contributed by atoms with E-state index in [0.29, 0.717) is 45.6 Å². The molecule has 2 aromatic rings. The minimum Gasteiger partial charge on any atom is -0.496 e. The van der Waals surface area contributed by atoms with E-state index < -0.39 is 0 Å². The van der Waals surface area contributed by atoms with Crippen LogP contribution in [0.15, 0.2) is 30.5 Å². The van der Waals surface area contributed by atoms with Crippen LogP contribution >= 0.6 is 0 Å². The number of aliphatic hydroxyl groups is 1. The standard InChI is InChI=1S/C24H37N5O4/c1-18-12-29(19(2)16-30)24(31)10-7-11-28-14-21(25-26-28)17-33-23(18)15-27(3)13-20-8-5-6-9-22(20)32-4/h5-6,8-9,14,18-19,23,30H,7,10-13,15-17H2,1-4H3/t18-,19-,23+/m0/s1. The molecule has 0 saturated carbocycles. The van der Waals surface area contributed by atoms with Gasteiger partial charge in [-0.15, -0.1) is 5.10 Å². The van der Waals surface area contributed by atoms with Crippen molar-refractivity contribution in [2.45, 2.75) is 58.5 Å². The summed E-state index contributed by atoms with van der Waals surface area (Å²) in [4.78, 5) is 17.0. The lowest BCUT2D eigenvalue weighted by Crippen LogP contribution is -2.47. The van der Waals surface area contributed by atoms with E-state index in [9.17, 15) is 9.90 Å². The highest BCUT2D eigenvalue weighted by Crippen LogP contribution is 2.21. The Morgan fingerprint density at radius 2 is 2.15 bits per heavy atom. The van der Waals surface area contributed by atoms with Gasteiger partial charge >= 0.3 is 0 Å². The van der Waals surface area contributed by atoms with Crippen molar-refractivity contribution in [3.05, 3.63) is 41.7 Å². The van der Waals surface area contributed by atoms with Crippen molar-refractivity contribution < 1.29 is 19.4 Å². The van der Waals surface area contributed by atoms with Gasteiger partial charge in [0.1, 0.15) is 11.4 Å². The van der Waals surface area contributed by atoms with E-state index in [1.165, 1.54) is 0 Å². The van der Waals surface area contributed by atoms with E-state index in [-0.39, 0.29) is 30.6 Å². The van der Waals surface area contributed by atoms with E-state index in [2.05, 4.69) is 35.2 Å². The number of likely N-dealkylation sites (N-methyl/N-ethyl adjacent to an activating group) is 1. The summed E-state index contributed by atoms with van der Waals surface area (Å²) in [5.41, 5.74) is 1.89. The molecule has 2 bridgehead atoms. The van der Waals surface area contributed by atoms with Crippen LogP contribution in [-0.4, -0.2) is 81.8 Å². The highest BCUT2D eigenvalue weighted by atomic mass is 16.5. The van der Waals surface area contributed by atoms with Crippen LogP contribution in [0.3, 0.4) is 0 Å². The number of hydrogen-bond donors (Lipinski definition) is 1. The number of nitrogens with zero attached hydrogens (tertiary/aromatic N) is 5. The number of benzene rings is 1. The third kappa shape index (κ3) is 6.99. The highest BCUT2D eigenvalue weighted by molar-refractivity contribution is 5.76. The van der Waals surface area contributed by atoms with Gasteiger partial charge in [-0.2, -0.15) is 0 Å². The summed E-state index contributed by atoms with van der Waals surface area (Å²) >= 11 is 0. The minimum absolute atomic E-state index is 0.0455. The maximum Gasteiger partial charge on any atom is 0.222 e. The van der Waals surface area contributed by atoms with Gasteiger partial charge in [-0.3, -0.25) is 14.4 Å². The SMILES string of the molecule is COc1ccccc1CN(C)C[C@H]1OCc2cn(nn2)CCCC(=O)N([C@@H](C)CO)C[C@@H]1C. The molecular weight excluding hydrogens is 422 g/mol. The molecule has 9 nitrogen and oxygen atoms in total. The fraction of sp³-hybridized carbons (Fsp3) is 0.625. The normalized spacial score (nSPS) is 21.3. The Kier molecular flexibility index (Phi) is 9.22. The van der Waals surface area contributed by atoms with E-state index >= 15 is 0 Å². The van der Waals surface area contributed by atoms with Gasteiger partial charge in [0.05, 0.1) is 38.7 Å². The zero-order valence-corrected chi connectivity index (χ0v) is 20.2. The van der Waals surface area contributed by atoms with Crippen molar-refractivity contribution in [3.63, 3.8) is 0 Å². The first kappa shape index (κ1) is 25.1.